The molecule has 0 atom stereocenters. The summed E-state index contributed by atoms with van der Waals surface area (Å²) in [6, 6.07) is 5.20. The third-order valence-corrected chi connectivity index (χ3v) is 5.50. The van der Waals surface area contributed by atoms with Crippen molar-refractivity contribution >= 4 is 41.1 Å². The Morgan fingerprint density at radius 1 is 1.11 bits per heavy atom. The minimum atomic E-state index is -0.131. The van der Waals surface area contributed by atoms with Crippen LogP contribution in [0.15, 0.2) is 28.8 Å². The van der Waals surface area contributed by atoms with Gasteiger partial charge in [-0.15, -0.1) is 0 Å². The molecule has 28 heavy (non-hydrogen) atoms. The van der Waals surface area contributed by atoms with Gasteiger partial charge >= 0.3 is 0 Å². The molecule has 0 unspecified atom stereocenters. The van der Waals surface area contributed by atoms with Crippen LogP contribution in [-0.2, 0) is 16.0 Å². The molecule has 3 rings (SSSR count). The monoisotopic (exact) mass is 421 g/mol. The molecule has 1 aromatic heterocycles. The van der Waals surface area contributed by atoms with E-state index < -0.39 is 0 Å². The van der Waals surface area contributed by atoms with Gasteiger partial charge in [0.05, 0.1) is 12.1 Å². The molecule has 0 N–H and O–H groups in total. The highest BCUT2D eigenvalue weighted by Gasteiger charge is 2.24. The first-order valence-corrected chi connectivity index (χ1v) is 9.73. The molecular weight excluding hydrogens is 401 g/mol. The van der Waals surface area contributed by atoms with E-state index in [0.29, 0.717) is 47.5 Å². The quantitative estimate of drug-likeness (QED) is 0.708. The van der Waals surface area contributed by atoms with Crippen molar-refractivity contribution in [1.82, 2.24) is 15.0 Å². The number of amides is 2. The van der Waals surface area contributed by atoms with Gasteiger partial charge in [-0.1, -0.05) is 34.4 Å². The summed E-state index contributed by atoms with van der Waals surface area (Å²) in [5.74, 6) is 0.553. The van der Waals surface area contributed by atoms with Gasteiger partial charge in [-0.05, 0) is 32.1 Å². The topological polar surface area (TPSA) is 66.7 Å². The lowest BCUT2D eigenvalue weighted by atomic mass is 10.1. The van der Waals surface area contributed by atoms with E-state index in [1.54, 1.807) is 41.0 Å². The van der Waals surface area contributed by atoms with Crippen LogP contribution in [0.3, 0.4) is 0 Å². The van der Waals surface area contributed by atoms with Crippen LogP contribution in [0.25, 0.3) is 6.08 Å². The highest BCUT2D eigenvalue weighted by Crippen LogP contribution is 2.25. The maximum atomic E-state index is 12.5. The summed E-state index contributed by atoms with van der Waals surface area (Å²) in [6.07, 6.45) is 3.36. The summed E-state index contributed by atoms with van der Waals surface area (Å²) >= 11 is 12.2. The number of hydrogen-bond donors (Lipinski definition) is 0. The van der Waals surface area contributed by atoms with Crippen LogP contribution in [-0.4, -0.2) is 52.9 Å². The van der Waals surface area contributed by atoms with E-state index in [1.165, 1.54) is 6.08 Å². The SMILES string of the molecule is Cc1noc(C)c1CC(=O)N1CCN(C(=O)/C=C/c2c(Cl)cccc2Cl)CC1. The van der Waals surface area contributed by atoms with Crippen molar-refractivity contribution in [3.8, 4) is 0 Å². The van der Waals surface area contributed by atoms with Gasteiger partial charge in [0.15, 0.2) is 0 Å². The van der Waals surface area contributed by atoms with E-state index in [9.17, 15) is 9.59 Å². The van der Waals surface area contributed by atoms with Gasteiger partial charge < -0.3 is 14.3 Å². The van der Waals surface area contributed by atoms with Gasteiger partial charge in [0.1, 0.15) is 5.76 Å². The maximum absolute atomic E-state index is 12.5. The number of benzene rings is 1. The number of rotatable bonds is 4. The smallest absolute Gasteiger partial charge is 0.246 e. The molecule has 148 valence electrons. The highest BCUT2D eigenvalue weighted by atomic mass is 35.5. The normalized spacial score (nSPS) is 14.7. The fraction of sp³-hybridized carbons (Fsp3) is 0.350. The van der Waals surface area contributed by atoms with E-state index in [0.717, 1.165) is 11.3 Å². The number of piperazine rings is 1. The Morgan fingerprint density at radius 2 is 1.71 bits per heavy atom. The lowest BCUT2D eigenvalue weighted by Crippen LogP contribution is -2.50. The van der Waals surface area contributed by atoms with Crippen molar-refractivity contribution in [3.63, 3.8) is 0 Å². The van der Waals surface area contributed by atoms with Gasteiger partial charge in [0.25, 0.3) is 0 Å². The molecular formula is C20H21Cl2N3O3. The molecule has 2 aromatic rings. The number of carbonyl (C=O) groups is 2. The van der Waals surface area contributed by atoms with Gasteiger partial charge in [-0.25, -0.2) is 0 Å². The van der Waals surface area contributed by atoms with Gasteiger partial charge in [0, 0.05) is 53.4 Å². The predicted octanol–water partition coefficient (Wildman–Crippen LogP) is 3.52. The minimum absolute atomic E-state index is 0.0138. The molecule has 8 heteroatoms. The van der Waals surface area contributed by atoms with Gasteiger partial charge in [-0.3, -0.25) is 9.59 Å². The molecule has 0 aliphatic carbocycles. The van der Waals surface area contributed by atoms with Crippen molar-refractivity contribution in [1.29, 1.82) is 0 Å². The first-order chi connectivity index (χ1) is 13.4. The molecule has 6 nitrogen and oxygen atoms in total. The zero-order valence-corrected chi connectivity index (χ0v) is 17.3. The summed E-state index contributed by atoms with van der Waals surface area (Å²) in [6.45, 7) is 5.58. The van der Waals surface area contributed by atoms with E-state index in [-0.39, 0.29) is 18.2 Å². The van der Waals surface area contributed by atoms with Crippen LogP contribution < -0.4 is 0 Å². The summed E-state index contributed by atoms with van der Waals surface area (Å²) in [7, 11) is 0. The van der Waals surface area contributed by atoms with Gasteiger partial charge in [0.2, 0.25) is 11.8 Å². The summed E-state index contributed by atoms with van der Waals surface area (Å²) in [4.78, 5) is 28.5. The summed E-state index contributed by atoms with van der Waals surface area (Å²) < 4.78 is 5.11. The lowest BCUT2D eigenvalue weighted by molar-refractivity contribution is -0.136. The summed E-state index contributed by atoms with van der Waals surface area (Å²) in [5.41, 5.74) is 2.19. The second-order valence-corrected chi connectivity index (χ2v) is 7.47. The van der Waals surface area contributed by atoms with Crippen LogP contribution in [0.1, 0.15) is 22.6 Å². The Kier molecular flexibility index (Phi) is 6.42. The Labute approximate surface area is 173 Å². The fourth-order valence-electron chi connectivity index (χ4n) is 3.12. The molecule has 0 radical (unpaired) electrons. The van der Waals surface area contributed by atoms with Crippen molar-refractivity contribution in [3.05, 3.63) is 56.9 Å². The molecule has 0 bridgehead atoms. The number of aryl methyl sites for hydroxylation is 2. The number of nitrogens with zero attached hydrogens (tertiary/aromatic N) is 3. The molecule has 0 saturated carbocycles. The van der Waals surface area contributed by atoms with Crippen molar-refractivity contribution in [2.75, 3.05) is 26.2 Å². The molecule has 1 aliphatic rings. The highest BCUT2D eigenvalue weighted by molar-refractivity contribution is 6.37. The third-order valence-electron chi connectivity index (χ3n) is 4.85. The van der Waals surface area contributed by atoms with E-state index >= 15 is 0 Å². The van der Waals surface area contributed by atoms with Crippen molar-refractivity contribution < 1.29 is 14.1 Å². The lowest BCUT2D eigenvalue weighted by Gasteiger charge is -2.34. The van der Waals surface area contributed by atoms with Crippen LogP contribution in [0.2, 0.25) is 10.0 Å². The fourth-order valence-corrected chi connectivity index (χ4v) is 3.65. The average molecular weight is 422 g/mol. The molecule has 1 fully saturated rings. The first kappa shape index (κ1) is 20.4. The first-order valence-electron chi connectivity index (χ1n) is 8.97. The molecule has 2 heterocycles. The average Bonchev–Trinajstić information content (AvgIpc) is 2.99. The standard InChI is InChI=1S/C20H21Cl2N3O3/c1-13-16(14(2)28-23-13)12-20(27)25-10-8-24(9-11-25)19(26)7-6-15-17(21)4-3-5-18(15)22/h3-7H,8-12H2,1-2H3/b7-6+. The Hall–Kier alpha value is -2.31. The van der Waals surface area contributed by atoms with Crippen LogP contribution in [0.4, 0.5) is 0 Å². The zero-order chi connectivity index (χ0) is 20.3. The number of hydrogen-bond acceptors (Lipinski definition) is 4. The molecule has 2 amide bonds. The molecule has 1 aromatic carbocycles. The predicted molar refractivity (Wildman–Crippen MR) is 108 cm³/mol. The van der Waals surface area contributed by atoms with E-state index in [1.807, 2.05) is 6.92 Å². The molecule has 1 saturated heterocycles. The second kappa shape index (κ2) is 8.80. The van der Waals surface area contributed by atoms with Crippen molar-refractivity contribution in [2.24, 2.45) is 0 Å². The van der Waals surface area contributed by atoms with E-state index in [2.05, 4.69) is 5.16 Å². The summed E-state index contributed by atoms with van der Waals surface area (Å²) in [5, 5.41) is 4.87. The Morgan fingerprint density at radius 3 is 2.29 bits per heavy atom. The number of halogens is 2. The minimum Gasteiger partial charge on any atom is -0.361 e. The maximum Gasteiger partial charge on any atom is 0.246 e. The zero-order valence-electron chi connectivity index (χ0n) is 15.7. The number of aromatic nitrogens is 1. The largest absolute Gasteiger partial charge is 0.361 e. The third kappa shape index (κ3) is 4.56. The van der Waals surface area contributed by atoms with Gasteiger partial charge in [-0.2, -0.15) is 0 Å². The van der Waals surface area contributed by atoms with E-state index in [4.69, 9.17) is 27.7 Å². The Bertz CT molecular complexity index is 876. The Balaban J connectivity index is 1.55. The number of carbonyl (C=O) groups excluding carboxylic acids is 2. The van der Waals surface area contributed by atoms with Crippen LogP contribution >= 0.6 is 23.2 Å². The van der Waals surface area contributed by atoms with Crippen LogP contribution in [0, 0.1) is 13.8 Å². The molecule has 1 aliphatic heterocycles. The molecule has 0 spiro atoms. The van der Waals surface area contributed by atoms with Crippen LogP contribution in [0.5, 0.6) is 0 Å². The second-order valence-electron chi connectivity index (χ2n) is 6.65. The van der Waals surface area contributed by atoms with Crippen molar-refractivity contribution in [2.45, 2.75) is 20.3 Å².